The number of benzene rings is 3. The zero-order valence-corrected chi connectivity index (χ0v) is 11.1. The fraction of sp³-hybridized carbons (Fsp3) is 0.0526. The quantitative estimate of drug-likeness (QED) is 0.510. The predicted octanol–water partition coefficient (Wildman–Crippen LogP) is 4.92. The van der Waals surface area contributed by atoms with Crippen LogP contribution in [0.25, 0.3) is 0 Å². The average Bonchev–Trinajstić information content (AvgIpc) is 2.53. The van der Waals surface area contributed by atoms with Crippen LogP contribution in [0.1, 0.15) is 22.6 Å². The summed E-state index contributed by atoms with van der Waals surface area (Å²) in [6.45, 7) is 0. The molecule has 1 aliphatic rings. The molecule has 96 valence electrons. The molecule has 0 atom stereocenters. The Hall–Kier alpha value is -2.54. The zero-order chi connectivity index (χ0) is 13.4. The molecule has 1 nitrogen and oxygen atoms in total. The summed E-state index contributed by atoms with van der Waals surface area (Å²) in [4.78, 5) is 0. The molecule has 0 aliphatic carbocycles. The summed E-state index contributed by atoms with van der Waals surface area (Å²) in [5.74, 6) is 0.310. The van der Waals surface area contributed by atoms with Crippen molar-refractivity contribution in [2.45, 2.75) is 5.92 Å². The van der Waals surface area contributed by atoms with Crippen LogP contribution in [-0.2, 0) is 0 Å². The monoisotopic (exact) mass is 257 g/mol. The molecule has 1 aliphatic heterocycles. The van der Waals surface area contributed by atoms with Gasteiger partial charge in [-0.1, -0.05) is 66.7 Å². The lowest BCUT2D eigenvalue weighted by molar-refractivity contribution is 0.964. The molecule has 4 rings (SSSR count). The summed E-state index contributed by atoms with van der Waals surface area (Å²) in [7, 11) is 0. The maximum absolute atomic E-state index is 3.54. The van der Waals surface area contributed by atoms with Crippen molar-refractivity contribution in [2.24, 2.45) is 0 Å². The summed E-state index contributed by atoms with van der Waals surface area (Å²) in [5, 5.41) is 3.54. The van der Waals surface area contributed by atoms with Gasteiger partial charge < -0.3 is 5.32 Å². The summed E-state index contributed by atoms with van der Waals surface area (Å²) >= 11 is 0. The summed E-state index contributed by atoms with van der Waals surface area (Å²) in [5.41, 5.74) is 6.45. The van der Waals surface area contributed by atoms with Gasteiger partial charge in [-0.3, -0.25) is 0 Å². The fourth-order valence-corrected chi connectivity index (χ4v) is 3.04. The number of hydrogen-bond donors (Lipinski definition) is 1. The summed E-state index contributed by atoms with van der Waals surface area (Å²) < 4.78 is 0. The summed E-state index contributed by atoms with van der Waals surface area (Å²) in [6, 6.07) is 27.9. The van der Waals surface area contributed by atoms with Crippen molar-refractivity contribution >= 4 is 11.4 Å². The Morgan fingerprint density at radius 1 is 0.550 bits per heavy atom. The van der Waals surface area contributed by atoms with Crippen molar-refractivity contribution < 1.29 is 0 Å². The van der Waals surface area contributed by atoms with Crippen LogP contribution in [0.2, 0.25) is 0 Å². The normalized spacial score (nSPS) is 13.2. The molecule has 20 heavy (non-hydrogen) atoms. The van der Waals surface area contributed by atoms with Crippen LogP contribution in [0.4, 0.5) is 11.4 Å². The van der Waals surface area contributed by atoms with Crippen LogP contribution in [0.3, 0.4) is 0 Å². The molecule has 0 fully saturated rings. The van der Waals surface area contributed by atoms with E-state index in [0.717, 1.165) is 0 Å². The Bertz CT molecular complexity index is 701. The highest BCUT2D eigenvalue weighted by molar-refractivity contribution is 5.75. The first-order valence-corrected chi connectivity index (χ1v) is 6.93. The third-order valence-electron chi connectivity index (χ3n) is 3.95. The second kappa shape index (κ2) is 4.53. The number of nitrogens with one attached hydrogen (secondary N) is 1. The molecule has 0 radical (unpaired) electrons. The largest absolute Gasteiger partial charge is 0.355 e. The Balaban J connectivity index is 1.98. The van der Waals surface area contributed by atoms with Gasteiger partial charge in [-0.2, -0.15) is 0 Å². The van der Waals surface area contributed by atoms with E-state index in [1.165, 1.54) is 28.1 Å². The molecule has 0 saturated carbocycles. The van der Waals surface area contributed by atoms with Crippen LogP contribution >= 0.6 is 0 Å². The molecule has 1 heterocycles. The standard InChI is InChI=1S/C19H15N/c1-2-8-14(9-3-1)19-15-10-4-6-12-17(15)20-18-13-7-5-11-16(18)19/h1-13,19-20H. The van der Waals surface area contributed by atoms with Crippen LogP contribution in [0, 0.1) is 0 Å². The predicted molar refractivity (Wildman–Crippen MR) is 83.6 cm³/mol. The number of hydrogen-bond acceptors (Lipinski definition) is 1. The Morgan fingerprint density at radius 3 is 1.65 bits per heavy atom. The van der Waals surface area contributed by atoms with Gasteiger partial charge in [0.2, 0.25) is 0 Å². The minimum atomic E-state index is 0.310. The highest BCUT2D eigenvalue weighted by Crippen LogP contribution is 2.44. The first kappa shape index (κ1) is 11.3. The van der Waals surface area contributed by atoms with E-state index >= 15 is 0 Å². The second-order valence-corrected chi connectivity index (χ2v) is 5.14. The van der Waals surface area contributed by atoms with E-state index in [0.29, 0.717) is 5.92 Å². The molecule has 1 N–H and O–H groups in total. The highest BCUT2D eigenvalue weighted by atomic mass is 14.9. The highest BCUT2D eigenvalue weighted by Gasteiger charge is 2.25. The molecule has 0 unspecified atom stereocenters. The van der Waals surface area contributed by atoms with E-state index in [-0.39, 0.29) is 0 Å². The maximum atomic E-state index is 3.54. The fourth-order valence-electron chi connectivity index (χ4n) is 3.04. The van der Waals surface area contributed by atoms with Crippen LogP contribution in [-0.4, -0.2) is 0 Å². The van der Waals surface area contributed by atoms with Gasteiger partial charge in [-0.15, -0.1) is 0 Å². The number of rotatable bonds is 1. The summed E-state index contributed by atoms with van der Waals surface area (Å²) in [6.07, 6.45) is 0. The maximum Gasteiger partial charge on any atom is 0.0426 e. The lowest BCUT2D eigenvalue weighted by Crippen LogP contribution is -2.13. The smallest absolute Gasteiger partial charge is 0.0426 e. The van der Waals surface area contributed by atoms with E-state index in [1.807, 2.05) is 0 Å². The Kier molecular flexibility index (Phi) is 2.56. The van der Waals surface area contributed by atoms with E-state index in [1.54, 1.807) is 0 Å². The number of para-hydroxylation sites is 2. The zero-order valence-electron chi connectivity index (χ0n) is 11.1. The van der Waals surface area contributed by atoms with Crippen molar-refractivity contribution in [3.8, 4) is 0 Å². The van der Waals surface area contributed by atoms with Gasteiger partial charge in [0.25, 0.3) is 0 Å². The molecule has 0 bridgehead atoms. The van der Waals surface area contributed by atoms with Gasteiger partial charge in [0.1, 0.15) is 0 Å². The van der Waals surface area contributed by atoms with Crippen molar-refractivity contribution in [1.29, 1.82) is 0 Å². The molecule has 3 aromatic rings. The van der Waals surface area contributed by atoms with Crippen LogP contribution < -0.4 is 5.32 Å². The van der Waals surface area contributed by atoms with Gasteiger partial charge in [0.15, 0.2) is 0 Å². The first-order valence-electron chi connectivity index (χ1n) is 6.93. The Morgan fingerprint density at radius 2 is 1.05 bits per heavy atom. The van der Waals surface area contributed by atoms with E-state index < -0.39 is 0 Å². The SMILES string of the molecule is c1ccc(C2c3ccccc3Nc3ccccc32)cc1. The lowest BCUT2D eigenvalue weighted by atomic mass is 9.81. The molecule has 1 heteroatoms. The van der Waals surface area contributed by atoms with Crippen molar-refractivity contribution in [2.75, 3.05) is 5.32 Å². The van der Waals surface area contributed by atoms with Gasteiger partial charge in [-0.25, -0.2) is 0 Å². The molecule has 0 aromatic heterocycles. The van der Waals surface area contributed by atoms with E-state index in [9.17, 15) is 0 Å². The van der Waals surface area contributed by atoms with Crippen molar-refractivity contribution in [3.05, 3.63) is 95.6 Å². The van der Waals surface area contributed by atoms with Crippen LogP contribution in [0.5, 0.6) is 0 Å². The number of anilines is 2. The molecular formula is C19H15N. The molecule has 0 spiro atoms. The van der Waals surface area contributed by atoms with Crippen molar-refractivity contribution in [1.82, 2.24) is 0 Å². The van der Waals surface area contributed by atoms with Gasteiger partial charge in [0.05, 0.1) is 0 Å². The third kappa shape index (κ3) is 1.71. The van der Waals surface area contributed by atoms with Gasteiger partial charge >= 0.3 is 0 Å². The average molecular weight is 257 g/mol. The second-order valence-electron chi connectivity index (χ2n) is 5.14. The third-order valence-corrected chi connectivity index (χ3v) is 3.95. The topological polar surface area (TPSA) is 12.0 Å². The molecule has 3 aromatic carbocycles. The molecule has 0 amide bonds. The van der Waals surface area contributed by atoms with Crippen LogP contribution in [0.15, 0.2) is 78.9 Å². The van der Waals surface area contributed by atoms with E-state index in [4.69, 9.17) is 0 Å². The lowest BCUT2D eigenvalue weighted by Gasteiger charge is -2.29. The van der Waals surface area contributed by atoms with Gasteiger partial charge in [0, 0.05) is 17.3 Å². The minimum absolute atomic E-state index is 0.310. The molecular weight excluding hydrogens is 242 g/mol. The Labute approximate surface area is 118 Å². The van der Waals surface area contributed by atoms with Crippen molar-refractivity contribution in [3.63, 3.8) is 0 Å². The first-order chi connectivity index (χ1) is 9.93. The van der Waals surface area contributed by atoms with E-state index in [2.05, 4.69) is 84.2 Å². The minimum Gasteiger partial charge on any atom is -0.355 e. The number of fused-ring (bicyclic) bond motifs is 2. The van der Waals surface area contributed by atoms with Gasteiger partial charge in [-0.05, 0) is 28.8 Å². The molecule has 0 saturated heterocycles.